The van der Waals surface area contributed by atoms with Crippen LogP contribution in [0.4, 0.5) is 13.2 Å². The third kappa shape index (κ3) is 4.55. The lowest BCUT2D eigenvalue weighted by Crippen LogP contribution is -2.54. The monoisotopic (exact) mass is 459 g/mol. The van der Waals surface area contributed by atoms with Crippen molar-refractivity contribution >= 4 is 35.2 Å². The molecule has 0 spiro atoms. The number of hydrogen-bond acceptors (Lipinski definition) is 2. The predicted octanol–water partition coefficient (Wildman–Crippen LogP) is 5.08. The Morgan fingerprint density at radius 3 is 2.20 bits per heavy atom. The summed E-state index contributed by atoms with van der Waals surface area (Å²) in [4.78, 5) is 0. The van der Waals surface area contributed by atoms with Crippen molar-refractivity contribution in [2.75, 3.05) is 6.61 Å². The first kappa shape index (κ1) is 22.8. The third-order valence-electron chi connectivity index (χ3n) is 4.96. The van der Waals surface area contributed by atoms with Crippen LogP contribution in [-0.4, -0.2) is 25.1 Å². The van der Waals surface area contributed by atoms with Gasteiger partial charge in [0.1, 0.15) is 16.8 Å². The summed E-state index contributed by atoms with van der Waals surface area (Å²) in [5.74, 6) is -4.53. The third-order valence-corrected chi connectivity index (χ3v) is 11.3. The zero-order valence-electron chi connectivity index (χ0n) is 15.3. The molecule has 0 aliphatic heterocycles. The lowest BCUT2D eigenvalue weighted by atomic mass is 9.93. The van der Waals surface area contributed by atoms with Gasteiger partial charge in [0.25, 0.3) is 5.92 Å². The molecule has 2 N–H and O–H groups in total. The first-order valence-electron chi connectivity index (χ1n) is 7.70. The molecule has 9 heteroatoms. The molecule has 2 unspecified atom stereocenters. The number of halogens is 4. The molecule has 3 nitrogen and oxygen atoms in total. The number of rotatable bonds is 6. The maximum absolute atomic E-state index is 15.1. The molecule has 25 heavy (non-hydrogen) atoms. The molecule has 0 aliphatic carbocycles. The lowest BCUT2D eigenvalue weighted by molar-refractivity contribution is -0.0775. The maximum atomic E-state index is 15.1. The van der Waals surface area contributed by atoms with Crippen LogP contribution in [0.3, 0.4) is 0 Å². The van der Waals surface area contributed by atoms with Crippen molar-refractivity contribution in [2.45, 2.75) is 56.5 Å². The Bertz CT molecular complexity index is 667. The van der Waals surface area contributed by atoms with E-state index in [1.54, 1.807) is 0 Å². The zero-order chi connectivity index (χ0) is 19.8. The van der Waals surface area contributed by atoms with Gasteiger partial charge in [-0.3, -0.25) is 5.14 Å². The van der Waals surface area contributed by atoms with Crippen molar-refractivity contribution in [1.29, 1.82) is 0 Å². The largest absolute Gasteiger partial charge is 0.411 e. The summed E-state index contributed by atoms with van der Waals surface area (Å²) < 4.78 is 60.1. The molecule has 0 amide bonds. The molecule has 0 bridgehead atoms. The molecule has 1 rings (SSSR count). The second-order valence-electron chi connectivity index (χ2n) is 7.71. The first-order valence-corrected chi connectivity index (χ1v) is 12.6. The van der Waals surface area contributed by atoms with E-state index < -0.39 is 48.0 Å². The fraction of sp³-hybridized carbons (Fsp3) is 0.625. The fourth-order valence-corrected chi connectivity index (χ4v) is 4.00. The van der Waals surface area contributed by atoms with Gasteiger partial charge < -0.3 is 4.43 Å². The maximum Gasteiger partial charge on any atom is 0.291 e. The summed E-state index contributed by atoms with van der Waals surface area (Å²) in [6.07, 6.45) is 0. The van der Waals surface area contributed by atoms with Gasteiger partial charge in [-0.1, -0.05) is 36.7 Å². The predicted molar refractivity (Wildman–Crippen MR) is 102 cm³/mol. The lowest BCUT2D eigenvalue weighted by Gasteiger charge is -2.40. The summed E-state index contributed by atoms with van der Waals surface area (Å²) in [5, 5.41) is 5.12. The molecule has 0 saturated carbocycles. The van der Waals surface area contributed by atoms with Crippen molar-refractivity contribution in [3.05, 3.63) is 34.1 Å². The zero-order valence-corrected chi connectivity index (χ0v) is 18.7. The summed E-state index contributed by atoms with van der Waals surface area (Å²) in [7, 11) is -5.01. The highest BCUT2D eigenvalue weighted by atomic mass is 79.9. The molecular weight excluding hydrogens is 435 g/mol. The van der Waals surface area contributed by atoms with Crippen LogP contribution < -0.4 is 5.14 Å². The van der Waals surface area contributed by atoms with Gasteiger partial charge in [-0.25, -0.2) is 17.4 Å². The van der Waals surface area contributed by atoms with Gasteiger partial charge in [-0.15, -0.1) is 0 Å². The fourth-order valence-electron chi connectivity index (χ4n) is 1.94. The van der Waals surface area contributed by atoms with Crippen molar-refractivity contribution in [2.24, 2.45) is 5.14 Å². The highest BCUT2D eigenvalue weighted by molar-refractivity contribution is 9.10. The smallest absolute Gasteiger partial charge is 0.291 e. The van der Waals surface area contributed by atoms with E-state index in [0.29, 0.717) is 4.47 Å². The molecule has 1 aromatic carbocycles. The molecule has 0 radical (unpaired) electrons. The van der Waals surface area contributed by atoms with E-state index in [4.69, 9.17) is 9.56 Å². The van der Waals surface area contributed by atoms with Crippen LogP contribution in [-0.2, 0) is 20.2 Å². The summed E-state index contributed by atoms with van der Waals surface area (Å²) in [5.41, 5.74) is -0.411. The highest BCUT2D eigenvalue weighted by Crippen LogP contribution is 2.45. The van der Waals surface area contributed by atoms with Crippen molar-refractivity contribution < 1.29 is 21.8 Å². The molecule has 0 saturated heterocycles. The summed E-state index contributed by atoms with van der Waals surface area (Å²) in [6.45, 7) is 9.46. The van der Waals surface area contributed by atoms with E-state index in [0.717, 1.165) is 13.0 Å². The molecule has 2 atom stereocenters. The minimum Gasteiger partial charge on any atom is -0.411 e. The number of alkyl halides is 2. The van der Waals surface area contributed by atoms with Gasteiger partial charge in [0.2, 0.25) is 0 Å². The second kappa shape index (κ2) is 7.42. The molecular formula is C16H25BrF3NO2SSi. The Morgan fingerprint density at radius 2 is 1.76 bits per heavy atom. The Balaban J connectivity index is 3.33. The first-order chi connectivity index (χ1) is 11.1. The standard InChI is InChI=1S/C16H25BrF3NO2SSi/c1-14(2,3)25(5,6)23-10-16(19,20)15(4,24(21)22)12-9-11(17)7-8-13(12)18/h7-9H,10,21H2,1-6H3. The van der Waals surface area contributed by atoms with Gasteiger partial charge in [0, 0.05) is 10.0 Å². The van der Waals surface area contributed by atoms with E-state index in [1.165, 1.54) is 12.1 Å². The normalized spacial score (nSPS) is 17.2. The van der Waals surface area contributed by atoms with E-state index in [9.17, 15) is 8.60 Å². The molecule has 1 aromatic rings. The highest BCUT2D eigenvalue weighted by Gasteiger charge is 2.57. The van der Waals surface area contributed by atoms with E-state index in [-0.39, 0.29) is 5.04 Å². The average Bonchev–Trinajstić information content (AvgIpc) is 2.45. The summed E-state index contributed by atoms with van der Waals surface area (Å²) >= 11 is 3.13. The van der Waals surface area contributed by atoms with Gasteiger partial charge >= 0.3 is 0 Å². The van der Waals surface area contributed by atoms with E-state index in [2.05, 4.69) is 15.9 Å². The molecule has 0 aliphatic rings. The molecule has 144 valence electrons. The van der Waals surface area contributed by atoms with Gasteiger partial charge in [-0.05, 0) is 43.3 Å². The van der Waals surface area contributed by atoms with Gasteiger partial charge in [0.05, 0.1) is 6.61 Å². The minimum absolute atomic E-state index is 0.275. The molecule has 0 fully saturated rings. The van der Waals surface area contributed by atoms with Crippen LogP contribution >= 0.6 is 15.9 Å². The SMILES string of the molecule is CC(c1cc(Br)ccc1F)(S(N)=O)C(F)(F)CO[Si](C)(C)C(C)(C)C. The number of benzene rings is 1. The van der Waals surface area contributed by atoms with Crippen LogP contribution in [0.15, 0.2) is 22.7 Å². The van der Waals surface area contributed by atoms with Crippen LogP contribution in [0.5, 0.6) is 0 Å². The van der Waals surface area contributed by atoms with Gasteiger partial charge in [0.15, 0.2) is 13.1 Å². The van der Waals surface area contributed by atoms with Gasteiger partial charge in [-0.2, -0.15) is 0 Å². The Hall–Kier alpha value is -0.223. The quantitative estimate of drug-likeness (QED) is 0.602. The second-order valence-corrected chi connectivity index (χ2v) is 14.8. The van der Waals surface area contributed by atoms with Crippen molar-refractivity contribution in [1.82, 2.24) is 0 Å². The van der Waals surface area contributed by atoms with E-state index in [1.807, 2.05) is 33.9 Å². The van der Waals surface area contributed by atoms with Crippen LogP contribution in [0.25, 0.3) is 0 Å². The minimum atomic E-state index is -3.64. The Labute approximate surface area is 159 Å². The topological polar surface area (TPSA) is 52.3 Å². The van der Waals surface area contributed by atoms with Crippen molar-refractivity contribution in [3.8, 4) is 0 Å². The van der Waals surface area contributed by atoms with Crippen LogP contribution in [0, 0.1) is 5.82 Å². The van der Waals surface area contributed by atoms with E-state index >= 15 is 8.78 Å². The van der Waals surface area contributed by atoms with Crippen molar-refractivity contribution in [3.63, 3.8) is 0 Å². The van der Waals surface area contributed by atoms with Crippen LogP contribution in [0.2, 0.25) is 18.1 Å². The number of nitrogens with two attached hydrogens (primary N) is 1. The summed E-state index contributed by atoms with van der Waals surface area (Å²) in [6, 6.07) is 3.60. The molecule has 0 aromatic heterocycles. The Kier molecular flexibility index (Phi) is 6.77. The molecule has 0 heterocycles. The van der Waals surface area contributed by atoms with Crippen LogP contribution in [0.1, 0.15) is 33.3 Å². The number of hydrogen-bond donors (Lipinski definition) is 1. The Morgan fingerprint density at radius 1 is 1.24 bits per heavy atom. The average molecular weight is 460 g/mol.